The monoisotopic (exact) mass is 264 g/mol. The van der Waals surface area contributed by atoms with E-state index in [2.05, 4.69) is 10.6 Å². The molecule has 0 aliphatic carbocycles. The van der Waals surface area contributed by atoms with Crippen molar-refractivity contribution in [2.75, 3.05) is 6.61 Å². The molecule has 1 aliphatic rings. The van der Waals surface area contributed by atoms with Crippen LogP contribution in [0.3, 0.4) is 0 Å². The SMILES string of the molecule is CCCOC(=O)C1=C(C)NC(=O)NC1c1ccco1. The second-order valence-corrected chi connectivity index (χ2v) is 4.22. The van der Waals surface area contributed by atoms with Crippen molar-refractivity contribution >= 4 is 12.0 Å². The molecule has 1 atom stereocenters. The topological polar surface area (TPSA) is 80.6 Å². The van der Waals surface area contributed by atoms with Crippen LogP contribution in [0.5, 0.6) is 0 Å². The molecule has 0 bridgehead atoms. The Hall–Kier alpha value is -2.24. The molecular weight excluding hydrogens is 248 g/mol. The molecule has 1 aromatic heterocycles. The molecule has 102 valence electrons. The molecule has 19 heavy (non-hydrogen) atoms. The molecule has 1 unspecified atom stereocenters. The van der Waals surface area contributed by atoms with Gasteiger partial charge in [-0.15, -0.1) is 0 Å². The van der Waals surface area contributed by atoms with Gasteiger partial charge in [-0.3, -0.25) is 0 Å². The summed E-state index contributed by atoms with van der Waals surface area (Å²) in [5.41, 5.74) is 0.842. The lowest BCUT2D eigenvalue weighted by molar-refractivity contribution is -0.139. The van der Waals surface area contributed by atoms with E-state index < -0.39 is 12.0 Å². The largest absolute Gasteiger partial charge is 0.467 e. The number of allylic oxidation sites excluding steroid dienone is 1. The summed E-state index contributed by atoms with van der Waals surface area (Å²) < 4.78 is 10.4. The van der Waals surface area contributed by atoms with Crippen LogP contribution in [0, 0.1) is 0 Å². The van der Waals surface area contributed by atoms with Gasteiger partial charge in [-0.2, -0.15) is 0 Å². The number of amides is 2. The number of ether oxygens (including phenoxy) is 1. The van der Waals surface area contributed by atoms with Gasteiger partial charge in [0.1, 0.15) is 11.8 Å². The predicted octanol–water partition coefficient (Wildman–Crippen LogP) is 1.86. The van der Waals surface area contributed by atoms with Gasteiger partial charge >= 0.3 is 12.0 Å². The third-order valence-corrected chi connectivity index (χ3v) is 2.75. The average Bonchev–Trinajstić information content (AvgIpc) is 2.88. The van der Waals surface area contributed by atoms with Crippen LogP contribution >= 0.6 is 0 Å². The van der Waals surface area contributed by atoms with Crippen LogP contribution < -0.4 is 10.6 Å². The van der Waals surface area contributed by atoms with Gasteiger partial charge < -0.3 is 19.8 Å². The van der Waals surface area contributed by atoms with Gasteiger partial charge in [0.25, 0.3) is 0 Å². The van der Waals surface area contributed by atoms with Crippen molar-refractivity contribution in [3.8, 4) is 0 Å². The number of furan rings is 1. The van der Waals surface area contributed by atoms with Crippen molar-refractivity contribution < 1.29 is 18.7 Å². The lowest BCUT2D eigenvalue weighted by Crippen LogP contribution is -2.45. The number of urea groups is 1. The fourth-order valence-electron chi connectivity index (χ4n) is 1.91. The molecule has 2 N–H and O–H groups in total. The minimum Gasteiger partial charge on any atom is -0.467 e. The van der Waals surface area contributed by atoms with E-state index in [1.807, 2.05) is 6.92 Å². The first-order valence-electron chi connectivity index (χ1n) is 6.12. The number of esters is 1. The molecule has 2 heterocycles. The van der Waals surface area contributed by atoms with Gasteiger partial charge in [-0.1, -0.05) is 6.92 Å². The van der Waals surface area contributed by atoms with Crippen molar-refractivity contribution in [3.05, 3.63) is 35.4 Å². The first kappa shape index (κ1) is 13.2. The van der Waals surface area contributed by atoms with Gasteiger partial charge in [0, 0.05) is 5.70 Å². The van der Waals surface area contributed by atoms with Gasteiger partial charge in [0.2, 0.25) is 0 Å². The van der Waals surface area contributed by atoms with Crippen LogP contribution in [0.2, 0.25) is 0 Å². The maximum atomic E-state index is 12.1. The maximum Gasteiger partial charge on any atom is 0.338 e. The molecule has 1 aromatic rings. The van der Waals surface area contributed by atoms with Gasteiger partial charge in [0.05, 0.1) is 18.4 Å². The number of carbonyl (C=O) groups excluding carboxylic acids is 2. The fourth-order valence-corrected chi connectivity index (χ4v) is 1.91. The molecule has 0 aromatic carbocycles. The zero-order chi connectivity index (χ0) is 13.8. The smallest absolute Gasteiger partial charge is 0.338 e. The third kappa shape index (κ3) is 2.78. The second-order valence-electron chi connectivity index (χ2n) is 4.22. The lowest BCUT2D eigenvalue weighted by Gasteiger charge is -2.26. The van der Waals surface area contributed by atoms with E-state index in [9.17, 15) is 9.59 Å². The molecule has 6 nitrogen and oxygen atoms in total. The summed E-state index contributed by atoms with van der Waals surface area (Å²) >= 11 is 0. The Kier molecular flexibility index (Phi) is 3.89. The summed E-state index contributed by atoms with van der Waals surface area (Å²) in [6, 6.07) is 2.42. The average molecular weight is 264 g/mol. The highest BCUT2D eigenvalue weighted by molar-refractivity contribution is 5.94. The van der Waals surface area contributed by atoms with E-state index in [1.165, 1.54) is 6.26 Å². The second kappa shape index (κ2) is 5.60. The first-order valence-corrected chi connectivity index (χ1v) is 6.12. The number of nitrogens with one attached hydrogen (secondary N) is 2. The lowest BCUT2D eigenvalue weighted by atomic mass is 10.0. The van der Waals surface area contributed by atoms with Crippen LogP contribution in [0.25, 0.3) is 0 Å². The van der Waals surface area contributed by atoms with Crippen LogP contribution in [-0.4, -0.2) is 18.6 Å². The number of hydrogen-bond donors (Lipinski definition) is 2. The molecular formula is C13H16N2O4. The highest BCUT2D eigenvalue weighted by Crippen LogP contribution is 2.27. The van der Waals surface area contributed by atoms with E-state index >= 15 is 0 Å². The van der Waals surface area contributed by atoms with Crippen molar-refractivity contribution in [1.29, 1.82) is 0 Å². The highest BCUT2D eigenvalue weighted by atomic mass is 16.5. The van der Waals surface area contributed by atoms with E-state index in [1.54, 1.807) is 19.1 Å². The molecule has 2 amide bonds. The zero-order valence-corrected chi connectivity index (χ0v) is 10.9. The molecule has 0 saturated heterocycles. The van der Waals surface area contributed by atoms with E-state index in [4.69, 9.17) is 9.15 Å². The molecule has 0 spiro atoms. The van der Waals surface area contributed by atoms with Crippen molar-refractivity contribution in [1.82, 2.24) is 10.6 Å². The molecule has 0 saturated carbocycles. The van der Waals surface area contributed by atoms with E-state index in [0.717, 1.165) is 6.42 Å². The zero-order valence-electron chi connectivity index (χ0n) is 10.9. The number of carbonyl (C=O) groups is 2. The van der Waals surface area contributed by atoms with Crippen LogP contribution in [-0.2, 0) is 9.53 Å². The fraction of sp³-hybridized carbons (Fsp3) is 0.385. The van der Waals surface area contributed by atoms with Gasteiger partial charge in [-0.05, 0) is 25.5 Å². The Morgan fingerprint density at radius 1 is 1.53 bits per heavy atom. The summed E-state index contributed by atoms with van der Waals surface area (Å²) in [5.74, 6) is 0.0471. The minimum absolute atomic E-state index is 0.342. The molecule has 6 heteroatoms. The van der Waals surface area contributed by atoms with E-state index in [0.29, 0.717) is 23.6 Å². The van der Waals surface area contributed by atoms with E-state index in [-0.39, 0.29) is 6.03 Å². The molecule has 0 fully saturated rings. The third-order valence-electron chi connectivity index (χ3n) is 2.75. The van der Waals surface area contributed by atoms with Crippen molar-refractivity contribution in [2.24, 2.45) is 0 Å². The van der Waals surface area contributed by atoms with Crippen molar-refractivity contribution in [2.45, 2.75) is 26.3 Å². The van der Waals surface area contributed by atoms with Crippen LogP contribution in [0.1, 0.15) is 32.1 Å². The Morgan fingerprint density at radius 2 is 2.32 bits per heavy atom. The summed E-state index contributed by atoms with van der Waals surface area (Å²) in [6.45, 7) is 3.92. The molecule has 1 aliphatic heterocycles. The minimum atomic E-state index is -0.617. The molecule has 0 radical (unpaired) electrons. The van der Waals surface area contributed by atoms with Gasteiger partial charge in [0.15, 0.2) is 0 Å². The number of rotatable bonds is 4. The Morgan fingerprint density at radius 3 is 2.95 bits per heavy atom. The Labute approximate surface area is 110 Å². The summed E-state index contributed by atoms with van der Waals surface area (Å²) in [5, 5.41) is 5.22. The summed E-state index contributed by atoms with van der Waals surface area (Å²) in [4.78, 5) is 23.6. The first-order chi connectivity index (χ1) is 9.13. The normalized spacial score (nSPS) is 18.8. The highest BCUT2D eigenvalue weighted by Gasteiger charge is 2.33. The Balaban J connectivity index is 2.31. The molecule has 2 rings (SSSR count). The summed E-state index contributed by atoms with van der Waals surface area (Å²) in [6.07, 6.45) is 2.23. The quantitative estimate of drug-likeness (QED) is 0.813. The standard InChI is InChI=1S/C13H16N2O4/c1-3-6-19-12(16)10-8(2)14-13(17)15-11(10)9-5-4-7-18-9/h4-5,7,11H,3,6H2,1-2H3,(H2,14,15,17). The predicted molar refractivity (Wildman–Crippen MR) is 67.1 cm³/mol. The number of hydrogen-bond acceptors (Lipinski definition) is 4. The van der Waals surface area contributed by atoms with Crippen molar-refractivity contribution in [3.63, 3.8) is 0 Å². The Bertz CT molecular complexity index is 505. The maximum absolute atomic E-state index is 12.1. The summed E-state index contributed by atoms with van der Waals surface area (Å²) in [7, 11) is 0. The van der Waals surface area contributed by atoms with Crippen LogP contribution in [0.15, 0.2) is 34.1 Å². The van der Waals surface area contributed by atoms with Gasteiger partial charge in [-0.25, -0.2) is 9.59 Å². The van der Waals surface area contributed by atoms with Crippen LogP contribution in [0.4, 0.5) is 4.79 Å².